The summed E-state index contributed by atoms with van der Waals surface area (Å²) in [4.78, 5) is 4.19. The van der Waals surface area contributed by atoms with Crippen molar-refractivity contribution in [3.8, 4) is 0 Å². The summed E-state index contributed by atoms with van der Waals surface area (Å²) in [6.45, 7) is 3.20. The lowest BCUT2D eigenvalue weighted by molar-refractivity contribution is 0.338. The number of pyridine rings is 1. The van der Waals surface area contributed by atoms with Gasteiger partial charge in [0.15, 0.2) is 0 Å². The van der Waals surface area contributed by atoms with Gasteiger partial charge in [-0.05, 0) is 36.9 Å². The van der Waals surface area contributed by atoms with E-state index < -0.39 is 10.0 Å². The maximum atomic E-state index is 12.4. The Bertz CT molecular complexity index is 529. The number of nitrogens with one attached hydrogen (secondary N) is 1. The van der Waals surface area contributed by atoms with E-state index >= 15 is 0 Å². The van der Waals surface area contributed by atoms with E-state index in [1.54, 1.807) is 22.6 Å². The summed E-state index contributed by atoms with van der Waals surface area (Å²) in [5.41, 5.74) is 0.162. The van der Waals surface area contributed by atoms with Crippen LogP contribution in [0.1, 0.15) is 12.8 Å². The van der Waals surface area contributed by atoms with E-state index in [4.69, 9.17) is 0 Å². The fourth-order valence-electron chi connectivity index (χ4n) is 2.89. The molecular weight excluding hydrogens is 286 g/mol. The fourth-order valence-corrected chi connectivity index (χ4v) is 4.41. The van der Waals surface area contributed by atoms with Gasteiger partial charge in [-0.2, -0.15) is 4.31 Å². The molecule has 1 aromatic rings. The van der Waals surface area contributed by atoms with E-state index in [9.17, 15) is 8.42 Å². The fraction of sp³-hybridized carbons (Fsp3) is 0.583. The molecule has 0 saturated carbocycles. The highest BCUT2D eigenvalue weighted by Gasteiger charge is 2.44. The van der Waals surface area contributed by atoms with Crippen LogP contribution in [0.4, 0.5) is 0 Å². The lowest BCUT2D eigenvalue weighted by Crippen LogP contribution is -2.33. The maximum absolute atomic E-state index is 12.4. The van der Waals surface area contributed by atoms with Crippen molar-refractivity contribution in [2.24, 2.45) is 5.41 Å². The third-order valence-corrected chi connectivity index (χ3v) is 5.84. The van der Waals surface area contributed by atoms with Crippen molar-refractivity contribution < 1.29 is 8.42 Å². The standard InChI is InChI=1S/C12H17N3O2S.ClH/c16-18(17,11-2-1-5-13-8-11)15-7-4-12(10-15)3-6-14-9-12;/h1-2,5,8,14H,3-4,6-7,9-10H2;1H. The van der Waals surface area contributed by atoms with Crippen LogP contribution in [-0.2, 0) is 10.0 Å². The highest BCUT2D eigenvalue weighted by Crippen LogP contribution is 2.38. The SMILES string of the molecule is Cl.O=S(=O)(c1cccnc1)N1CCC2(CCNC2)C1. The minimum atomic E-state index is -3.36. The predicted molar refractivity (Wildman–Crippen MR) is 74.8 cm³/mol. The van der Waals surface area contributed by atoms with E-state index in [-0.39, 0.29) is 17.8 Å². The van der Waals surface area contributed by atoms with Crippen LogP contribution < -0.4 is 5.32 Å². The first-order valence-electron chi connectivity index (χ1n) is 6.23. The van der Waals surface area contributed by atoms with Gasteiger partial charge < -0.3 is 5.32 Å². The van der Waals surface area contributed by atoms with Crippen LogP contribution in [0.15, 0.2) is 29.4 Å². The van der Waals surface area contributed by atoms with Gasteiger partial charge in [0.05, 0.1) is 0 Å². The third-order valence-electron chi connectivity index (χ3n) is 4.01. The van der Waals surface area contributed by atoms with E-state index in [0.717, 1.165) is 25.9 Å². The van der Waals surface area contributed by atoms with Crippen LogP contribution in [0.2, 0.25) is 0 Å². The zero-order chi connectivity index (χ0) is 12.6. The first-order valence-corrected chi connectivity index (χ1v) is 7.67. The van der Waals surface area contributed by atoms with Gasteiger partial charge in [-0.3, -0.25) is 4.98 Å². The number of rotatable bonds is 2. The van der Waals surface area contributed by atoms with Crippen LogP contribution in [0, 0.1) is 5.41 Å². The molecule has 0 bridgehead atoms. The van der Waals surface area contributed by atoms with Crippen molar-refractivity contribution in [2.75, 3.05) is 26.2 Å². The third kappa shape index (κ3) is 2.63. The first kappa shape index (κ1) is 14.7. The summed E-state index contributed by atoms with van der Waals surface area (Å²) >= 11 is 0. The quantitative estimate of drug-likeness (QED) is 0.881. The number of sulfonamides is 1. The maximum Gasteiger partial charge on any atom is 0.244 e. The lowest BCUT2D eigenvalue weighted by atomic mass is 9.87. The molecule has 1 spiro atoms. The molecule has 0 amide bonds. The molecule has 1 N–H and O–H groups in total. The molecule has 5 nitrogen and oxygen atoms in total. The summed E-state index contributed by atoms with van der Waals surface area (Å²) in [7, 11) is -3.36. The molecule has 2 fully saturated rings. The monoisotopic (exact) mass is 303 g/mol. The number of hydrogen-bond acceptors (Lipinski definition) is 4. The van der Waals surface area contributed by atoms with Gasteiger partial charge in [-0.25, -0.2) is 8.42 Å². The van der Waals surface area contributed by atoms with Crippen LogP contribution in [0.5, 0.6) is 0 Å². The Labute approximate surface area is 119 Å². The molecule has 2 aliphatic heterocycles. The van der Waals surface area contributed by atoms with Crippen molar-refractivity contribution in [1.29, 1.82) is 0 Å². The summed E-state index contributed by atoms with van der Waals surface area (Å²) in [5.74, 6) is 0. The van der Waals surface area contributed by atoms with Crippen molar-refractivity contribution in [2.45, 2.75) is 17.7 Å². The lowest BCUT2D eigenvalue weighted by Gasteiger charge is -2.22. The number of hydrogen-bond donors (Lipinski definition) is 1. The Balaban J connectivity index is 0.00000133. The molecule has 2 saturated heterocycles. The Kier molecular flexibility index (Phi) is 4.15. The summed E-state index contributed by atoms with van der Waals surface area (Å²) in [5, 5.41) is 3.33. The molecule has 19 heavy (non-hydrogen) atoms. The van der Waals surface area contributed by atoms with Crippen molar-refractivity contribution in [1.82, 2.24) is 14.6 Å². The van der Waals surface area contributed by atoms with E-state index in [1.807, 2.05) is 0 Å². The highest BCUT2D eigenvalue weighted by molar-refractivity contribution is 7.89. The molecule has 1 unspecified atom stereocenters. The summed E-state index contributed by atoms with van der Waals surface area (Å²) < 4.78 is 26.5. The minimum Gasteiger partial charge on any atom is -0.316 e. The molecule has 0 aliphatic carbocycles. The summed E-state index contributed by atoms with van der Waals surface area (Å²) in [6, 6.07) is 3.27. The Hall–Kier alpha value is -0.690. The van der Waals surface area contributed by atoms with E-state index in [1.165, 1.54) is 6.20 Å². The van der Waals surface area contributed by atoms with Crippen LogP contribution in [0.3, 0.4) is 0 Å². The van der Waals surface area contributed by atoms with Crippen molar-refractivity contribution in [3.63, 3.8) is 0 Å². The van der Waals surface area contributed by atoms with Crippen molar-refractivity contribution in [3.05, 3.63) is 24.5 Å². The second kappa shape index (κ2) is 5.36. The molecule has 3 heterocycles. The molecule has 3 rings (SSSR count). The zero-order valence-electron chi connectivity index (χ0n) is 10.6. The van der Waals surface area contributed by atoms with E-state index in [2.05, 4.69) is 10.3 Å². The van der Waals surface area contributed by atoms with Gasteiger partial charge in [0.1, 0.15) is 4.90 Å². The molecule has 1 aromatic heterocycles. The number of aromatic nitrogens is 1. The molecule has 2 aliphatic rings. The minimum absolute atomic E-state index is 0. The molecule has 0 aromatic carbocycles. The van der Waals surface area contributed by atoms with Crippen LogP contribution in [-0.4, -0.2) is 43.9 Å². The normalized spacial score (nSPS) is 27.6. The van der Waals surface area contributed by atoms with Gasteiger partial charge in [0.2, 0.25) is 10.0 Å². The Morgan fingerprint density at radius 3 is 2.84 bits per heavy atom. The van der Waals surface area contributed by atoms with Gasteiger partial charge in [0, 0.05) is 32.0 Å². The highest BCUT2D eigenvalue weighted by atomic mass is 35.5. The van der Waals surface area contributed by atoms with E-state index in [0.29, 0.717) is 18.0 Å². The molecule has 1 atom stereocenters. The average molecular weight is 304 g/mol. The molecule has 7 heteroatoms. The second-order valence-electron chi connectivity index (χ2n) is 5.20. The Morgan fingerprint density at radius 1 is 1.37 bits per heavy atom. The average Bonchev–Trinajstić information content (AvgIpc) is 3.02. The largest absolute Gasteiger partial charge is 0.316 e. The smallest absolute Gasteiger partial charge is 0.244 e. The van der Waals surface area contributed by atoms with Gasteiger partial charge in [-0.15, -0.1) is 12.4 Å². The van der Waals surface area contributed by atoms with Crippen LogP contribution in [0.25, 0.3) is 0 Å². The number of halogens is 1. The first-order chi connectivity index (χ1) is 8.62. The summed E-state index contributed by atoms with van der Waals surface area (Å²) in [6.07, 6.45) is 5.05. The molecular formula is C12H18ClN3O2S. The van der Waals surface area contributed by atoms with Gasteiger partial charge in [0.25, 0.3) is 0 Å². The second-order valence-corrected chi connectivity index (χ2v) is 7.14. The Morgan fingerprint density at radius 2 is 2.21 bits per heavy atom. The predicted octanol–water partition coefficient (Wildman–Crippen LogP) is 0.877. The van der Waals surface area contributed by atoms with Crippen molar-refractivity contribution >= 4 is 22.4 Å². The van der Waals surface area contributed by atoms with Gasteiger partial charge >= 0.3 is 0 Å². The van der Waals surface area contributed by atoms with Crippen LogP contribution >= 0.6 is 12.4 Å². The number of nitrogens with zero attached hydrogens (tertiary/aromatic N) is 2. The molecule has 0 radical (unpaired) electrons. The zero-order valence-corrected chi connectivity index (χ0v) is 12.2. The topological polar surface area (TPSA) is 62.3 Å². The molecule has 106 valence electrons. The van der Waals surface area contributed by atoms with Gasteiger partial charge in [-0.1, -0.05) is 0 Å².